The van der Waals surface area contributed by atoms with Gasteiger partial charge in [0.2, 0.25) is 0 Å². The lowest BCUT2D eigenvalue weighted by molar-refractivity contribution is 0.475. The zero-order valence-corrected chi connectivity index (χ0v) is 13.3. The molecule has 0 saturated heterocycles. The molecule has 0 fully saturated rings. The number of rotatable bonds is 1. The van der Waals surface area contributed by atoms with Gasteiger partial charge in [-0.25, -0.2) is 4.98 Å². The van der Waals surface area contributed by atoms with Crippen molar-refractivity contribution < 1.29 is 5.11 Å². The van der Waals surface area contributed by atoms with Crippen LogP contribution in [-0.2, 0) is 0 Å². The second-order valence-electron chi connectivity index (χ2n) is 5.59. The van der Waals surface area contributed by atoms with Crippen LogP contribution in [0.3, 0.4) is 0 Å². The third-order valence-corrected chi connectivity index (χ3v) is 4.19. The third kappa shape index (κ3) is 2.20. The van der Waals surface area contributed by atoms with Gasteiger partial charge in [-0.1, -0.05) is 12.1 Å². The largest absolute Gasteiger partial charge is 0.508 e. The van der Waals surface area contributed by atoms with E-state index in [1.807, 2.05) is 19.9 Å². The van der Waals surface area contributed by atoms with Gasteiger partial charge in [0.15, 0.2) is 0 Å². The molecule has 116 valence electrons. The summed E-state index contributed by atoms with van der Waals surface area (Å²) in [5, 5.41) is 28.2. The molecule has 0 amide bonds. The maximum atomic E-state index is 9.50. The zero-order valence-electron chi connectivity index (χ0n) is 13.3. The Morgan fingerprint density at radius 2 is 1.79 bits per heavy atom. The fourth-order valence-corrected chi connectivity index (χ4v) is 2.93. The first-order valence-corrected chi connectivity index (χ1v) is 7.31. The normalized spacial score (nSPS) is 14.4. The van der Waals surface area contributed by atoms with Crippen molar-refractivity contribution in [3.8, 4) is 17.9 Å². The minimum absolute atomic E-state index is 0.139. The van der Waals surface area contributed by atoms with Crippen molar-refractivity contribution in [3.63, 3.8) is 0 Å². The first-order chi connectivity index (χ1) is 11.5. The molecule has 1 heterocycles. The lowest BCUT2D eigenvalue weighted by Crippen LogP contribution is -2.03. The van der Waals surface area contributed by atoms with Crippen LogP contribution < -0.4 is 5.73 Å². The molecular weight excluding hydrogens is 300 g/mol. The van der Waals surface area contributed by atoms with Crippen molar-refractivity contribution in [2.24, 2.45) is 0 Å². The number of allylic oxidation sites excluding steroid dienone is 3. The van der Waals surface area contributed by atoms with Gasteiger partial charge in [0, 0.05) is 5.56 Å². The fraction of sp³-hybridized carbons (Fsp3) is 0.105. The third-order valence-electron chi connectivity index (χ3n) is 4.19. The first kappa shape index (κ1) is 15.3. The molecule has 3 N–H and O–H groups in total. The predicted molar refractivity (Wildman–Crippen MR) is 92.3 cm³/mol. The van der Waals surface area contributed by atoms with Crippen LogP contribution in [0.2, 0.25) is 0 Å². The number of fused-ring (bicyclic) bond motifs is 1. The van der Waals surface area contributed by atoms with Crippen LogP contribution in [0, 0.1) is 29.6 Å². The number of phenolic OH excluding ortho intramolecular Hbond substituents is 1. The Hall–Kier alpha value is -3.57. The van der Waals surface area contributed by atoms with Crippen molar-refractivity contribution in [1.82, 2.24) is 4.98 Å². The minimum atomic E-state index is 0.139. The van der Waals surface area contributed by atoms with Gasteiger partial charge in [-0.05, 0) is 54.3 Å². The average molecular weight is 314 g/mol. The summed E-state index contributed by atoms with van der Waals surface area (Å²) in [6.45, 7) is 3.67. The number of hydrogen-bond acceptors (Lipinski definition) is 5. The number of anilines is 1. The number of nitriles is 2. The number of nitrogens with two attached hydrogens (primary N) is 1. The molecule has 3 rings (SSSR count). The molecule has 0 spiro atoms. The van der Waals surface area contributed by atoms with Gasteiger partial charge in [0.05, 0.1) is 16.8 Å². The monoisotopic (exact) mass is 314 g/mol. The summed E-state index contributed by atoms with van der Waals surface area (Å²) in [6.07, 6.45) is 1.92. The molecule has 0 saturated carbocycles. The van der Waals surface area contributed by atoms with E-state index in [0.29, 0.717) is 16.8 Å². The second-order valence-corrected chi connectivity index (χ2v) is 5.59. The van der Waals surface area contributed by atoms with Gasteiger partial charge in [0.1, 0.15) is 23.7 Å². The molecule has 0 aliphatic heterocycles. The SMILES string of the molecule is CC1=C(C#N)c2nc(N)c(C#N)c(C)c2/C1=C\c1ccc(O)cc1. The van der Waals surface area contributed by atoms with E-state index < -0.39 is 0 Å². The average Bonchev–Trinajstić information content (AvgIpc) is 2.81. The molecule has 5 heteroatoms. The van der Waals surface area contributed by atoms with Crippen molar-refractivity contribution in [2.45, 2.75) is 13.8 Å². The Kier molecular flexibility index (Phi) is 3.56. The van der Waals surface area contributed by atoms with Crippen LogP contribution in [-0.4, -0.2) is 10.1 Å². The molecule has 0 atom stereocenters. The molecule has 1 aromatic carbocycles. The van der Waals surface area contributed by atoms with Crippen molar-refractivity contribution in [1.29, 1.82) is 10.5 Å². The van der Waals surface area contributed by atoms with Gasteiger partial charge >= 0.3 is 0 Å². The molecule has 2 aromatic rings. The number of nitrogens with zero attached hydrogens (tertiary/aromatic N) is 3. The van der Waals surface area contributed by atoms with E-state index in [0.717, 1.165) is 27.8 Å². The smallest absolute Gasteiger partial charge is 0.142 e. The minimum Gasteiger partial charge on any atom is -0.508 e. The molecule has 0 radical (unpaired) electrons. The standard InChI is InChI=1S/C19H14N4O/c1-10-14(7-12-3-5-13(24)6-4-12)17-11(2)16(9-21)19(22)23-18(17)15(10)8-20/h3-7,24H,1-2H3,(H2,22,23)/b14-7-. The molecule has 0 bridgehead atoms. The second kappa shape index (κ2) is 5.57. The highest BCUT2D eigenvalue weighted by Gasteiger charge is 2.29. The summed E-state index contributed by atoms with van der Waals surface area (Å²) >= 11 is 0. The highest BCUT2D eigenvalue weighted by Crippen LogP contribution is 2.44. The van der Waals surface area contributed by atoms with Crippen LogP contribution in [0.4, 0.5) is 5.82 Å². The lowest BCUT2D eigenvalue weighted by atomic mass is 9.95. The van der Waals surface area contributed by atoms with Gasteiger partial charge in [-0.2, -0.15) is 10.5 Å². The van der Waals surface area contributed by atoms with Crippen molar-refractivity contribution >= 4 is 23.0 Å². The van der Waals surface area contributed by atoms with Crippen LogP contribution in [0.25, 0.3) is 17.2 Å². The molecule has 0 unspecified atom stereocenters. The Morgan fingerprint density at radius 1 is 1.12 bits per heavy atom. The highest BCUT2D eigenvalue weighted by molar-refractivity contribution is 6.08. The Balaban J connectivity index is 2.31. The molecule has 1 aliphatic rings. The lowest BCUT2D eigenvalue weighted by Gasteiger charge is -2.11. The van der Waals surface area contributed by atoms with Crippen LogP contribution >= 0.6 is 0 Å². The molecule has 1 aliphatic carbocycles. The van der Waals surface area contributed by atoms with E-state index in [2.05, 4.69) is 17.1 Å². The Labute approximate surface area is 139 Å². The summed E-state index contributed by atoms with van der Waals surface area (Å²) in [6, 6.07) is 11.0. The number of hydrogen-bond donors (Lipinski definition) is 2. The van der Waals surface area contributed by atoms with E-state index in [-0.39, 0.29) is 11.6 Å². The fourth-order valence-electron chi connectivity index (χ4n) is 2.93. The van der Waals surface area contributed by atoms with Crippen LogP contribution in [0.5, 0.6) is 5.75 Å². The van der Waals surface area contributed by atoms with Gasteiger partial charge < -0.3 is 10.8 Å². The molecule has 24 heavy (non-hydrogen) atoms. The van der Waals surface area contributed by atoms with Gasteiger partial charge in [-0.3, -0.25) is 0 Å². The molecule has 1 aromatic heterocycles. The zero-order chi connectivity index (χ0) is 17.4. The number of aromatic nitrogens is 1. The number of nitrogen functional groups attached to an aromatic ring is 1. The van der Waals surface area contributed by atoms with Crippen LogP contribution in [0.1, 0.15) is 34.9 Å². The number of aromatic hydroxyl groups is 1. The number of pyridine rings is 1. The van der Waals surface area contributed by atoms with Gasteiger partial charge in [-0.15, -0.1) is 0 Å². The molecular formula is C19H14N4O. The summed E-state index contributed by atoms with van der Waals surface area (Å²) in [7, 11) is 0. The maximum absolute atomic E-state index is 9.50. The van der Waals surface area contributed by atoms with Crippen LogP contribution in [0.15, 0.2) is 29.8 Å². The molecule has 5 nitrogen and oxygen atoms in total. The van der Waals surface area contributed by atoms with E-state index in [1.165, 1.54) is 0 Å². The Bertz CT molecular complexity index is 1000. The van der Waals surface area contributed by atoms with E-state index in [9.17, 15) is 15.6 Å². The van der Waals surface area contributed by atoms with Crippen molar-refractivity contribution in [2.75, 3.05) is 5.73 Å². The van der Waals surface area contributed by atoms with E-state index in [1.54, 1.807) is 24.3 Å². The van der Waals surface area contributed by atoms with E-state index >= 15 is 0 Å². The topological polar surface area (TPSA) is 107 Å². The summed E-state index contributed by atoms with van der Waals surface area (Å²) in [5.41, 5.74) is 11.2. The summed E-state index contributed by atoms with van der Waals surface area (Å²) in [5.74, 6) is 0.325. The predicted octanol–water partition coefficient (Wildman–Crippen LogP) is 3.40. The summed E-state index contributed by atoms with van der Waals surface area (Å²) in [4.78, 5) is 4.29. The van der Waals surface area contributed by atoms with Crippen molar-refractivity contribution in [3.05, 3.63) is 57.8 Å². The highest BCUT2D eigenvalue weighted by atomic mass is 16.3. The maximum Gasteiger partial charge on any atom is 0.142 e. The Morgan fingerprint density at radius 3 is 2.38 bits per heavy atom. The van der Waals surface area contributed by atoms with Gasteiger partial charge in [0.25, 0.3) is 0 Å². The number of benzene rings is 1. The van der Waals surface area contributed by atoms with E-state index in [4.69, 9.17) is 5.73 Å². The quantitative estimate of drug-likeness (QED) is 0.839. The first-order valence-electron chi connectivity index (χ1n) is 7.31. The summed E-state index contributed by atoms with van der Waals surface area (Å²) < 4.78 is 0. The number of phenols is 1.